The Labute approximate surface area is 88.8 Å². The summed E-state index contributed by atoms with van der Waals surface area (Å²) in [5.74, 6) is 0. The summed E-state index contributed by atoms with van der Waals surface area (Å²) in [7, 11) is -4.43. The largest absolute Gasteiger partial charge is 0.483 e. The van der Waals surface area contributed by atoms with Crippen LogP contribution >= 0.6 is 7.94 Å². The molecule has 15 heavy (non-hydrogen) atoms. The maximum absolute atomic E-state index is 11.4. The molecule has 0 aliphatic rings. The fraction of sp³-hybridized carbons (Fsp3) is 0.300. The Bertz CT molecular complexity index is 407. The van der Waals surface area contributed by atoms with Gasteiger partial charge in [-0.15, -0.1) is 0 Å². The van der Waals surface area contributed by atoms with Crippen LogP contribution in [0.4, 0.5) is 0 Å². The van der Waals surface area contributed by atoms with Crippen molar-refractivity contribution in [3.05, 3.63) is 34.4 Å². The molecule has 1 rings (SSSR count). The molecular formula is C10H14O4P+. The van der Waals surface area contributed by atoms with Crippen LogP contribution < -0.4 is 0 Å². The van der Waals surface area contributed by atoms with Crippen molar-refractivity contribution in [2.75, 3.05) is 0 Å². The van der Waals surface area contributed by atoms with Crippen LogP contribution in [0, 0.1) is 20.8 Å². The van der Waals surface area contributed by atoms with Gasteiger partial charge in [-0.2, -0.15) is 14.7 Å². The average Bonchev–Trinajstić information content (AvgIpc) is 2.12. The lowest BCUT2D eigenvalue weighted by atomic mass is 10.00. The highest BCUT2D eigenvalue weighted by molar-refractivity contribution is 7.76. The summed E-state index contributed by atoms with van der Waals surface area (Å²) in [4.78, 5) is 38.1. The van der Waals surface area contributed by atoms with E-state index in [0.717, 1.165) is 11.1 Å². The minimum atomic E-state index is -4.43. The van der Waals surface area contributed by atoms with E-state index in [2.05, 4.69) is 0 Å². The van der Waals surface area contributed by atoms with Crippen LogP contribution in [0.15, 0.2) is 12.1 Å². The minimum absolute atomic E-state index is 0.166. The minimum Gasteiger partial charge on any atom is -0.238 e. The van der Waals surface area contributed by atoms with E-state index in [0.29, 0.717) is 5.56 Å². The van der Waals surface area contributed by atoms with Gasteiger partial charge in [0, 0.05) is 0 Å². The summed E-state index contributed by atoms with van der Waals surface area (Å²) in [6.45, 7) is 5.45. The van der Waals surface area contributed by atoms with Gasteiger partial charge in [-0.1, -0.05) is 6.07 Å². The molecule has 0 bridgehead atoms. The summed E-state index contributed by atoms with van der Waals surface area (Å²) in [5.41, 5.74) is 1.76. The maximum Gasteiger partial charge on any atom is 0.483 e. The molecule has 0 saturated carbocycles. The van der Waals surface area contributed by atoms with Crippen LogP contribution in [-0.2, 0) is 0 Å². The van der Waals surface area contributed by atoms with Gasteiger partial charge in [0.25, 0.3) is 0 Å². The molecule has 0 spiro atoms. The molecule has 0 heterocycles. The van der Waals surface area contributed by atoms with Crippen molar-refractivity contribution < 1.29 is 19.5 Å². The van der Waals surface area contributed by atoms with Crippen molar-refractivity contribution in [1.29, 1.82) is 0 Å². The Morgan fingerprint density at radius 2 is 1.60 bits per heavy atom. The van der Waals surface area contributed by atoms with Gasteiger partial charge in [0.1, 0.15) is 0 Å². The number of hydrogen-bond donors (Lipinski definition) is 3. The second-order valence-corrected chi connectivity index (χ2v) is 5.10. The molecule has 82 valence electrons. The fourth-order valence-electron chi connectivity index (χ4n) is 1.35. The van der Waals surface area contributed by atoms with Crippen molar-refractivity contribution in [2.45, 2.75) is 20.8 Å². The lowest BCUT2D eigenvalue weighted by Gasteiger charge is -2.09. The van der Waals surface area contributed by atoms with Crippen molar-refractivity contribution in [3.63, 3.8) is 0 Å². The van der Waals surface area contributed by atoms with Gasteiger partial charge in [-0.25, -0.2) is 4.79 Å². The third kappa shape index (κ3) is 2.41. The number of benzene rings is 1. The second-order valence-electron chi connectivity index (χ2n) is 3.55. The van der Waals surface area contributed by atoms with E-state index in [1.165, 1.54) is 6.07 Å². The van der Waals surface area contributed by atoms with E-state index in [1.807, 2.05) is 13.8 Å². The van der Waals surface area contributed by atoms with E-state index < -0.39 is 13.5 Å². The normalized spacial score (nSPS) is 11.6. The predicted molar refractivity (Wildman–Crippen MR) is 58.6 cm³/mol. The zero-order chi connectivity index (χ0) is 11.8. The molecule has 5 heteroatoms. The lowest BCUT2D eigenvalue weighted by Crippen LogP contribution is -2.08. The zero-order valence-electron chi connectivity index (χ0n) is 8.85. The van der Waals surface area contributed by atoms with Gasteiger partial charge in [-0.05, 0) is 43.5 Å². The second kappa shape index (κ2) is 3.99. The third-order valence-corrected chi connectivity index (χ3v) is 3.35. The summed E-state index contributed by atoms with van der Waals surface area (Å²) in [6.07, 6.45) is 0. The predicted octanol–water partition coefficient (Wildman–Crippen LogP) is 1.49. The number of carbonyl (C=O) groups is 1. The molecule has 1 aromatic carbocycles. The first kappa shape index (κ1) is 12.3. The summed E-state index contributed by atoms with van der Waals surface area (Å²) in [5, 5.41) is 0. The molecule has 0 amide bonds. The number of aryl methyl sites for hydroxylation is 1. The van der Waals surface area contributed by atoms with Crippen LogP contribution in [0.25, 0.3) is 0 Å². The van der Waals surface area contributed by atoms with E-state index in [9.17, 15) is 4.79 Å². The van der Waals surface area contributed by atoms with E-state index in [1.54, 1.807) is 13.0 Å². The molecular weight excluding hydrogens is 215 g/mol. The van der Waals surface area contributed by atoms with Crippen LogP contribution in [-0.4, -0.2) is 20.2 Å². The molecule has 0 aromatic heterocycles. The first-order chi connectivity index (χ1) is 6.75. The topological polar surface area (TPSA) is 77.8 Å². The van der Waals surface area contributed by atoms with Gasteiger partial charge in [0.05, 0.1) is 5.56 Å². The Morgan fingerprint density at radius 1 is 1.07 bits per heavy atom. The highest BCUT2D eigenvalue weighted by atomic mass is 31.2. The van der Waals surface area contributed by atoms with Crippen LogP contribution in [0.2, 0.25) is 0 Å². The molecule has 0 aliphatic heterocycles. The molecule has 0 fully saturated rings. The Hall–Kier alpha value is -0.800. The van der Waals surface area contributed by atoms with Gasteiger partial charge in [0.2, 0.25) is 0 Å². The fourth-order valence-corrected chi connectivity index (χ4v) is 1.91. The Morgan fingerprint density at radius 3 is 2.07 bits per heavy atom. The van der Waals surface area contributed by atoms with Crippen molar-refractivity contribution in [1.82, 2.24) is 0 Å². The third-order valence-electron chi connectivity index (χ3n) is 2.56. The van der Waals surface area contributed by atoms with Crippen molar-refractivity contribution in [3.8, 4) is 0 Å². The monoisotopic (exact) mass is 229 g/mol. The standard InChI is InChI=1S/C10H14O4P/c1-6-4-5-9(8(3)7(6)2)10(11)15(12,13)14/h4-5,12-14H,1-3H3/q+1. The molecule has 0 aliphatic carbocycles. The quantitative estimate of drug-likeness (QED) is 0.671. The van der Waals surface area contributed by atoms with Gasteiger partial charge >= 0.3 is 13.5 Å². The molecule has 0 unspecified atom stereocenters. The van der Waals surface area contributed by atoms with Crippen molar-refractivity contribution >= 4 is 13.5 Å². The van der Waals surface area contributed by atoms with Gasteiger partial charge in [0.15, 0.2) is 0 Å². The number of hydrogen-bond acceptors (Lipinski definition) is 4. The highest BCUT2D eigenvalue weighted by Gasteiger charge is 2.44. The Balaban J connectivity index is 3.29. The van der Waals surface area contributed by atoms with E-state index >= 15 is 0 Å². The molecule has 4 nitrogen and oxygen atoms in total. The molecule has 1 aromatic rings. The maximum atomic E-state index is 11.4. The van der Waals surface area contributed by atoms with Crippen molar-refractivity contribution in [2.24, 2.45) is 0 Å². The van der Waals surface area contributed by atoms with Crippen LogP contribution in [0.3, 0.4) is 0 Å². The molecule has 3 N–H and O–H groups in total. The first-order valence-corrected chi connectivity index (χ1v) is 6.09. The Kier molecular flexibility index (Phi) is 3.26. The molecule has 0 radical (unpaired) electrons. The first-order valence-electron chi connectivity index (χ1n) is 4.44. The van der Waals surface area contributed by atoms with Crippen LogP contribution in [0.1, 0.15) is 27.0 Å². The smallest absolute Gasteiger partial charge is 0.238 e. The number of carbonyl (C=O) groups excluding carboxylic acids is 1. The average molecular weight is 229 g/mol. The summed E-state index contributed by atoms with van der Waals surface area (Å²) >= 11 is 0. The lowest BCUT2D eigenvalue weighted by molar-refractivity contribution is 0.102. The SMILES string of the molecule is Cc1ccc(C(=O)[P+](O)(O)O)c(C)c1C. The van der Waals surface area contributed by atoms with E-state index in [4.69, 9.17) is 14.7 Å². The zero-order valence-corrected chi connectivity index (χ0v) is 9.75. The highest BCUT2D eigenvalue weighted by Crippen LogP contribution is 2.48. The molecule has 0 saturated heterocycles. The number of rotatable bonds is 2. The summed E-state index contributed by atoms with van der Waals surface area (Å²) < 4.78 is 0. The van der Waals surface area contributed by atoms with Gasteiger partial charge in [-0.3, -0.25) is 0 Å². The van der Waals surface area contributed by atoms with Gasteiger partial charge < -0.3 is 0 Å². The van der Waals surface area contributed by atoms with E-state index in [-0.39, 0.29) is 5.56 Å². The molecule has 0 atom stereocenters. The van der Waals surface area contributed by atoms with Crippen LogP contribution in [0.5, 0.6) is 0 Å². The summed E-state index contributed by atoms with van der Waals surface area (Å²) in [6, 6.07) is 3.21.